The molecule has 0 heterocycles. The van der Waals surface area contributed by atoms with E-state index < -0.39 is 0 Å². The lowest BCUT2D eigenvalue weighted by Gasteiger charge is -1.98. The fourth-order valence-electron chi connectivity index (χ4n) is 0.661. The maximum absolute atomic E-state index is 9.15. The molecular formula is C7H6BrClO. The normalized spacial score (nSPS) is 9.80. The summed E-state index contributed by atoms with van der Waals surface area (Å²) in [4.78, 5) is 0. The van der Waals surface area contributed by atoms with E-state index in [-0.39, 0.29) is 5.75 Å². The van der Waals surface area contributed by atoms with Gasteiger partial charge in [0.15, 0.2) is 0 Å². The van der Waals surface area contributed by atoms with E-state index in [0.29, 0.717) is 10.4 Å². The van der Waals surface area contributed by atoms with Crippen LogP contribution in [0.15, 0.2) is 18.2 Å². The molecule has 1 aromatic rings. The predicted molar refractivity (Wildman–Crippen MR) is 45.7 cm³/mol. The van der Waals surface area contributed by atoms with Crippen molar-refractivity contribution in [1.29, 1.82) is 0 Å². The molecule has 0 unspecified atom stereocenters. The molecule has 0 aliphatic rings. The summed E-state index contributed by atoms with van der Waals surface area (Å²) in [5.74, 6) is 0.279. The largest absolute Gasteiger partial charge is 0.508 e. The molecule has 1 aromatic carbocycles. The van der Waals surface area contributed by atoms with E-state index in [4.69, 9.17) is 16.7 Å². The number of aromatic hydroxyl groups is 1. The Bertz CT molecular complexity index is 237. The summed E-state index contributed by atoms with van der Waals surface area (Å²) < 4.78 is 0. The molecule has 1 N–H and O–H groups in total. The second-order valence-electron chi connectivity index (χ2n) is 1.91. The van der Waals surface area contributed by atoms with Gasteiger partial charge >= 0.3 is 0 Å². The van der Waals surface area contributed by atoms with Gasteiger partial charge in [0.25, 0.3) is 0 Å². The second kappa shape index (κ2) is 3.26. The molecule has 0 saturated carbocycles. The number of phenolic OH excluding ortho intramolecular Hbond substituents is 1. The molecule has 0 amide bonds. The van der Waals surface area contributed by atoms with Crippen molar-refractivity contribution in [2.45, 2.75) is 5.33 Å². The lowest BCUT2D eigenvalue weighted by molar-refractivity contribution is 0.471. The van der Waals surface area contributed by atoms with E-state index in [2.05, 4.69) is 15.9 Å². The zero-order valence-corrected chi connectivity index (χ0v) is 7.48. The Morgan fingerprint density at radius 3 is 2.70 bits per heavy atom. The average Bonchev–Trinajstić information content (AvgIpc) is 1.94. The molecule has 0 spiro atoms. The van der Waals surface area contributed by atoms with E-state index in [1.54, 1.807) is 18.2 Å². The SMILES string of the molecule is Oc1ccc(Cl)cc1CBr. The number of alkyl halides is 1. The van der Waals surface area contributed by atoms with Crippen LogP contribution in [-0.4, -0.2) is 5.11 Å². The summed E-state index contributed by atoms with van der Waals surface area (Å²) in [7, 11) is 0. The van der Waals surface area contributed by atoms with Gasteiger partial charge in [0.05, 0.1) is 0 Å². The molecule has 0 atom stereocenters. The summed E-state index contributed by atoms with van der Waals surface area (Å²) >= 11 is 8.89. The first-order valence-electron chi connectivity index (χ1n) is 2.77. The van der Waals surface area contributed by atoms with Gasteiger partial charge in [-0.3, -0.25) is 0 Å². The highest BCUT2D eigenvalue weighted by molar-refractivity contribution is 9.08. The smallest absolute Gasteiger partial charge is 0.119 e. The molecule has 0 aromatic heterocycles. The molecule has 54 valence electrons. The van der Waals surface area contributed by atoms with Gasteiger partial charge in [-0.1, -0.05) is 27.5 Å². The maximum Gasteiger partial charge on any atom is 0.119 e. The molecular weight excluding hydrogens is 215 g/mol. The van der Waals surface area contributed by atoms with Crippen LogP contribution in [0, 0.1) is 0 Å². The van der Waals surface area contributed by atoms with Crippen molar-refractivity contribution in [2.75, 3.05) is 0 Å². The van der Waals surface area contributed by atoms with Crippen LogP contribution in [0.1, 0.15) is 5.56 Å². The number of phenols is 1. The standard InChI is InChI=1S/C7H6BrClO/c8-4-5-3-6(9)1-2-7(5)10/h1-3,10H,4H2. The van der Waals surface area contributed by atoms with Crippen LogP contribution < -0.4 is 0 Å². The van der Waals surface area contributed by atoms with Crippen LogP contribution in [0.4, 0.5) is 0 Å². The highest BCUT2D eigenvalue weighted by atomic mass is 79.9. The summed E-state index contributed by atoms with van der Waals surface area (Å²) in [5.41, 5.74) is 0.813. The van der Waals surface area contributed by atoms with Crippen molar-refractivity contribution >= 4 is 27.5 Å². The molecule has 10 heavy (non-hydrogen) atoms. The van der Waals surface area contributed by atoms with Gasteiger partial charge in [-0.05, 0) is 18.2 Å². The molecule has 0 aliphatic heterocycles. The van der Waals surface area contributed by atoms with Gasteiger partial charge in [0, 0.05) is 15.9 Å². The monoisotopic (exact) mass is 220 g/mol. The topological polar surface area (TPSA) is 20.2 Å². The van der Waals surface area contributed by atoms with Crippen molar-refractivity contribution in [3.63, 3.8) is 0 Å². The van der Waals surface area contributed by atoms with Crippen LogP contribution in [-0.2, 0) is 5.33 Å². The maximum atomic E-state index is 9.15. The lowest BCUT2D eigenvalue weighted by Crippen LogP contribution is -1.77. The van der Waals surface area contributed by atoms with Crippen LogP contribution in [0.3, 0.4) is 0 Å². The minimum absolute atomic E-state index is 0.279. The van der Waals surface area contributed by atoms with Gasteiger partial charge in [0.2, 0.25) is 0 Å². The van der Waals surface area contributed by atoms with Crippen molar-refractivity contribution in [1.82, 2.24) is 0 Å². The number of rotatable bonds is 1. The Morgan fingerprint density at radius 1 is 1.50 bits per heavy atom. The first-order chi connectivity index (χ1) is 4.74. The van der Waals surface area contributed by atoms with Crippen LogP contribution in [0.25, 0.3) is 0 Å². The van der Waals surface area contributed by atoms with E-state index in [1.807, 2.05) is 0 Å². The van der Waals surface area contributed by atoms with Gasteiger partial charge in [-0.25, -0.2) is 0 Å². The van der Waals surface area contributed by atoms with Gasteiger partial charge in [0.1, 0.15) is 5.75 Å². The van der Waals surface area contributed by atoms with E-state index in [0.717, 1.165) is 5.56 Å². The summed E-state index contributed by atoms with van der Waals surface area (Å²) in [6, 6.07) is 4.97. The lowest BCUT2D eigenvalue weighted by atomic mass is 10.2. The molecule has 0 saturated heterocycles. The zero-order valence-electron chi connectivity index (χ0n) is 5.14. The summed E-state index contributed by atoms with van der Waals surface area (Å²) in [5, 5.41) is 10.4. The molecule has 0 aliphatic carbocycles. The molecule has 1 nitrogen and oxygen atoms in total. The molecule has 1 rings (SSSR count). The van der Waals surface area contributed by atoms with Crippen LogP contribution in [0.5, 0.6) is 5.75 Å². The fraction of sp³-hybridized carbons (Fsp3) is 0.143. The van der Waals surface area contributed by atoms with E-state index >= 15 is 0 Å². The molecule has 0 bridgehead atoms. The third-order valence-corrected chi connectivity index (χ3v) is 2.02. The number of benzene rings is 1. The zero-order chi connectivity index (χ0) is 7.56. The van der Waals surface area contributed by atoms with Crippen molar-refractivity contribution in [2.24, 2.45) is 0 Å². The Hall–Kier alpha value is -0.210. The van der Waals surface area contributed by atoms with Crippen molar-refractivity contribution in [3.8, 4) is 5.75 Å². The third-order valence-electron chi connectivity index (χ3n) is 1.19. The van der Waals surface area contributed by atoms with Crippen LogP contribution >= 0.6 is 27.5 Å². The predicted octanol–water partition coefficient (Wildman–Crippen LogP) is 2.94. The summed E-state index contributed by atoms with van der Waals surface area (Å²) in [6.07, 6.45) is 0. The number of hydrogen-bond acceptors (Lipinski definition) is 1. The Labute approximate surface area is 72.8 Å². The second-order valence-corrected chi connectivity index (χ2v) is 2.90. The number of hydrogen-bond donors (Lipinski definition) is 1. The molecule has 3 heteroatoms. The minimum atomic E-state index is 0.279. The van der Waals surface area contributed by atoms with Crippen molar-refractivity contribution in [3.05, 3.63) is 28.8 Å². The van der Waals surface area contributed by atoms with Gasteiger partial charge < -0.3 is 5.11 Å². The van der Waals surface area contributed by atoms with Crippen molar-refractivity contribution < 1.29 is 5.11 Å². The van der Waals surface area contributed by atoms with Gasteiger partial charge in [-0.2, -0.15) is 0 Å². The van der Waals surface area contributed by atoms with E-state index in [1.165, 1.54) is 0 Å². The average molecular weight is 221 g/mol. The first kappa shape index (κ1) is 7.89. The third kappa shape index (κ3) is 1.64. The van der Waals surface area contributed by atoms with E-state index in [9.17, 15) is 0 Å². The molecule has 0 radical (unpaired) electrons. The first-order valence-corrected chi connectivity index (χ1v) is 4.27. The Kier molecular flexibility index (Phi) is 2.57. The van der Waals surface area contributed by atoms with Gasteiger partial charge in [-0.15, -0.1) is 0 Å². The highest BCUT2D eigenvalue weighted by Crippen LogP contribution is 2.22. The summed E-state index contributed by atoms with van der Waals surface area (Å²) in [6.45, 7) is 0. The molecule has 0 fully saturated rings. The minimum Gasteiger partial charge on any atom is -0.508 e. The Morgan fingerprint density at radius 2 is 2.20 bits per heavy atom. The quantitative estimate of drug-likeness (QED) is 0.723. The fourth-order valence-corrected chi connectivity index (χ4v) is 1.30. The number of halogens is 2. The highest BCUT2D eigenvalue weighted by Gasteiger charge is 1.98. The van der Waals surface area contributed by atoms with Crippen LogP contribution in [0.2, 0.25) is 5.02 Å². The Balaban J connectivity index is 3.09.